The summed E-state index contributed by atoms with van der Waals surface area (Å²) < 4.78 is 0. The Morgan fingerprint density at radius 1 is 1.78 bits per heavy atom. The lowest BCUT2D eigenvalue weighted by atomic mass is 10.2. The molecule has 0 aliphatic heterocycles. The first-order valence-electron chi connectivity index (χ1n) is 3.12. The van der Waals surface area contributed by atoms with E-state index in [9.17, 15) is 0 Å². The maximum absolute atomic E-state index is 8.62. The largest absolute Gasteiger partial charge is 0.395 e. The summed E-state index contributed by atoms with van der Waals surface area (Å²) in [6.45, 7) is 2.71. The molecule has 0 rings (SSSR count). The van der Waals surface area contributed by atoms with Crippen LogP contribution in [0.3, 0.4) is 0 Å². The van der Waals surface area contributed by atoms with Gasteiger partial charge in [-0.05, 0) is 6.42 Å². The first-order valence-corrected chi connectivity index (χ1v) is 3.12. The quantitative estimate of drug-likeness (QED) is 0.520. The third-order valence-corrected chi connectivity index (χ3v) is 1.21. The van der Waals surface area contributed by atoms with E-state index in [1.54, 1.807) is 0 Å². The van der Waals surface area contributed by atoms with Crippen LogP contribution in [0, 0.1) is 12.3 Å². The zero-order valence-electron chi connectivity index (χ0n) is 5.72. The third kappa shape index (κ3) is 4.01. The summed E-state index contributed by atoms with van der Waals surface area (Å²) in [5.41, 5.74) is 0. The summed E-state index contributed by atoms with van der Waals surface area (Å²) in [6.07, 6.45) is 5.91. The van der Waals surface area contributed by atoms with Crippen LogP contribution in [0.15, 0.2) is 0 Å². The predicted octanol–water partition coefficient (Wildman–Crippen LogP) is -0.0199. The van der Waals surface area contributed by atoms with E-state index in [0.29, 0.717) is 6.54 Å². The molecule has 2 nitrogen and oxygen atoms in total. The molecule has 2 heteroatoms. The Morgan fingerprint density at radius 3 is 2.78 bits per heavy atom. The van der Waals surface area contributed by atoms with Crippen molar-refractivity contribution in [3.63, 3.8) is 0 Å². The zero-order valence-corrected chi connectivity index (χ0v) is 5.72. The number of nitrogens with one attached hydrogen (secondary N) is 1. The third-order valence-electron chi connectivity index (χ3n) is 1.21. The number of aliphatic hydroxyl groups is 1. The van der Waals surface area contributed by atoms with Gasteiger partial charge in [0.1, 0.15) is 0 Å². The second-order valence-corrected chi connectivity index (χ2v) is 1.87. The van der Waals surface area contributed by atoms with Crippen molar-refractivity contribution in [2.24, 2.45) is 0 Å². The van der Waals surface area contributed by atoms with Crippen molar-refractivity contribution in [1.29, 1.82) is 0 Å². The smallest absolute Gasteiger partial charge is 0.0584 e. The number of terminal acetylenes is 1. The van der Waals surface area contributed by atoms with Gasteiger partial charge in [-0.3, -0.25) is 0 Å². The molecule has 0 fully saturated rings. The standard InChI is InChI=1S/C7H13NO/c1-3-5-8-7(4-2)6-9/h1,7-9H,4-6H2,2H3/t7-/m0/s1. The summed E-state index contributed by atoms with van der Waals surface area (Å²) in [5.74, 6) is 2.44. The van der Waals surface area contributed by atoms with Gasteiger partial charge in [-0.1, -0.05) is 12.8 Å². The number of rotatable bonds is 4. The van der Waals surface area contributed by atoms with E-state index in [4.69, 9.17) is 11.5 Å². The minimum Gasteiger partial charge on any atom is -0.395 e. The summed E-state index contributed by atoms with van der Waals surface area (Å²) in [4.78, 5) is 0. The second kappa shape index (κ2) is 5.61. The molecule has 0 saturated heterocycles. The molecule has 9 heavy (non-hydrogen) atoms. The van der Waals surface area contributed by atoms with E-state index in [1.807, 2.05) is 6.92 Å². The van der Waals surface area contributed by atoms with Gasteiger partial charge in [0, 0.05) is 6.04 Å². The molecule has 0 heterocycles. The fraction of sp³-hybridized carbons (Fsp3) is 0.714. The molecule has 1 atom stereocenters. The van der Waals surface area contributed by atoms with E-state index in [1.165, 1.54) is 0 Å². The zero-order chi connectivity index (χ0) is 7.11. The van der Waals surface area contributed by atoms with Gasteiger partial charge in [0.15, 0.2) is 0 Å². The van der Waals surface area contributed by atoms with Gasteiger partial charge >= 0.3 is 0 Å². The lowest BCUT2D eigenvalue weighted by Gasteiger charge is -2.10. The Hall–Kier alpha value is -0.520. The molecule has 0 spiro atoms. The van der Waals surface area contributed by atoms with Crippen molar-refractivity contribution in [1.82, 2.24) is 5.32 Å². The lowest BCUT2D eigenvalue weighted by molar-refractivity contribution is 0.243. The van der Waals surface area contributed by atoms with Gasteiger partial charge in [-0.25, -0.2) is 0 Å². The monoisotopic (exact) mass is 127 g/mol. The average molecular weight is 127 g/mol. The molecular weight excluding hydrogens is 114 g/mol. The van der Waals surface area contributed by atoms with E-state index in [2.05, 4.69) is 11.2 Å². The molecule has 0 bridgehead atoms. The lowest BCUT2D eigenvalue weighted by Crippen LogP contribution is -2.31. The Morgan fingerprint density at radius 2 is 2.44 bits per heavy atom. The van der Waals surface area contributed by atoms with Crippen LogP contribution in [0.4, 0.5) is 0 Å². The molecule has 0 aliphatic carbocycles. The van der Waals surface area contributed by atoms with Gasteiger partial charge in [0.25, 0.3) is 0 Å². The molecular formula is C7H13NO. The highest BCUT2D eigenvalue weighted by atomic mass is 16.3. The Kier molecular flexibility index (Phi) is 5.29. The first-order chi connectivity index (χ1) is 4.35. The topological polar surface area (TPSA) is 32.3 Å². The van der Waals surface area contributed by atoms with Crippen LogP contribution < -0.4 is 5.32 Å². The number of hydrogen-bond donors (Lipinski definition) is 2. The molecule has 0 radical (unpaired) electrons. The average Bonchev–Trinajstić information content (AvgIpc) is 1.91. The SMILES string of the molecule is C#CCN[C@@H](CC)CO. The fourth-order valence-corrected chi connectivity index (χ4v) is 0.541. The fourth-order valence-electron chi connectivity index (χ4n) is 0.541. The first kappa shape index (κ1) is 8.48. The highest BCUT2D eigenvalue weighted by Crippen LogP contribution is 1.85. The Balaban J connectivity index is 3.22. The van der Waals surface area contributed by atoms with Gasteiger partial charge in [0.05, 0.1) is 13.2 Å². The molecule has 0 aromatic rings. The van der Waals surface area contributed by atoms with Crippen LogP contribution in [0.1, 0.15) is 13.3 Å². The summed E-state index contributed by atoms with van der Waals surface area (Å²) in [7, 11) is 0. The van der Waals surface area contributed by atoms with Crippen LogP contribution in [0.2, 0.25) is 0 Å². The molecule has 0 unspecified atom stereocenters. The maximum Gasteiger partial charge on any atom is 0.0584 e. The van der Waals surface area contributed by atoms with Crippen molar-refractivity contribution in [2.75, 3.05) is 13.2 Å². The number of hydrogen-bond acceptors (Lipinski definition) is 2. The van der Waals surface area contributed by atoms with E-state index >= 15 is 0 Å². The molecule has 2 N–H and O–H groups in total. The van der Waals surface area contributed by atoms with Gasteiger partial charge in [-0.15, -0.1) is 6.42 Å². The highest BCUT2D eigenvalue weighted by molar-refractivity contribution is 4.87. The molecule has 0 aliphatic rings. The van der Waals surface area contributed by atoms with E-state index in [0.717, 1.165) is 6.42 Å². The van der Waals surface area contributed by atoms with Gasteiger partial charge in [0.2, 0.25) is 0 Å². The van der Waals surface area contributed by atoms with Crippen molar-refractivity contribution >= 4 is 0 Å². The van der Waals surface area contributed by atoms with Crippen molar-refractivity contribution < 1.29 is 5.11 Å². The Bertz CT molecular complexity index is 91.6. The van der Waals surface area contributed by atoms with Crippen LogP contribution >= 0.6 is 0 Å². The van der Waals surface area contributed by atoms with Crippen molar-refractivity contribution in [3.05, 3.63) is 0 Å². The number of aliphatic hydroxyl groups excluding tert-OH is 1. The van der Waals surface area contributed by atoms with E-state index < -0.39 is 0 Å². The van der Waals surface area contributed by atoms with Crippen LogP contribution in [0.5, 0.6) is 0 Å². The minimum absolute atomic E-state index is 0.165. The second-order valence-electron chi connectivity index (χ2n) is 1.87. The highest BCUT2D eigenvalue weighted by Gasteiger charge is 1.99. The van der Waals surface area contributed by atoms with E-state index in [-0.39, 0.29) is 12.6 Å². The minimum atomic E-state index is 0.165. The summed E-state index contributed by atoms with van der Waals surface area (Å²) in [5, 5.41) is 11.6. The molecule has 0 aromatic heterocycles. The molecule has 0 saturated carbocycles. The molecule has 0 aromatic carbocycles. The van der Waals surface area contributed by atoms with Gasteiger partial charge < -0.3 is 10.4 Å². The van der Waals surface area contributed by atoms with Crippen molar-refractivity contribution in [3.8, 4) is 12.3 Å². The molecule has 0 amide bonds. The van der Waals surface area contributed by atoms with Crippen LogP contribution in [-0.2, 0) is 0 Å². The molecule has 52 valence electrons. The predicted molar refractivity (Wildman–Crippen MR) is 38.0 cm³/mol. The Labute approximate surface area is 56.3 Å². The normalized spacial score (nSPS) is 12.6. The van der Waals surface area contributed by atoms with Crippen molar-refractivity contribution in [2.45, 2.75) is 19.4 Å². The van der Waals surface area contributed by atoms with Crippen LogP contribution in [0.25, 0.3) is 0 Å². The van der Waals surface area contributed by atoms with Gasteiger partial charge in [-0.2, -0.15) is 0 Å². The maximum atomic E-state index is 8.62. The summed E-state index contributed by atoms with van der Waals surface area (Å²) in [6, 6.07) is 0.168. The van der Waals surface area contributed by atoms with Crippen LogP contribution in [-0.4, -0.2) is 24.3 Å². The summed E-state index contributed by atoms with van der Waals surface area (Å²) >= 11 is 0.